The number of hydrazine groups is 1. The predicted octanol–water partition coefficient (Wildman–Crippen LogP) is 3.50. The summed E-state index contributed by atoms with van der Waals surface area (Å²) in [7, 11) is 0. The van der Waals surface area contributed by atoms with E-state index in [2.05, 4.69) is 0 Å². The molecule has 2 aromatic carbocycles. The zero-order chi connectivity index (χ0) is 19.2. The van der Waals surface area contributed by atoms with Gasteiger partial charge in [0.25, 0.3) is 5.91 Å². The summed E-state index contributed by atoms with van der Waals surface area (Å²) >= 11 is 0. The number of benzene rings is 2. The summed E-state index contributed by atoms with van der Waals surface area (Å²) in [5.41, 5.74) is 1.59. The van der Waals surface area contributed by atoms with Gasteiger partial charge in [-0.2, -0.15) is 5.01 Å². The van der Waals surface area contributed by atoms with Crippen molar-refractivity contribution in [1.82, 2.24) is 10.0 Å². The molecule has 0 aliphatic carbocycles. The Morgan fingerprint density at radius 3 is 1.81 bits per heavy atom. The number of ether oxygens (including phenoxy) is 2. The van der Waals surface area contributed by atoms with Crippen LogP contribution in [0.5, 0.6) is 0 Å². The molecule has 0 N–H and O–H groups in total. The van der Waals surface area contributed by atoms with Crippen LogP contribution in [0.4, 0.5) is 9.59 Å². The lowest BCUT2D eigenvalue weighted by molar-refractivity contribution is -0.178. The van der Waals surface area contributed by atoms with Crippen molar-refractivity contribution >= 4 is 18.1 Å². The molecule has 1 fully saturated rings. The topological polar surface area (TPSA) is 76.2 Å². The third kappa shape index (κ3) is 4.08. The summed E-state index contributed by atoms with van der Waals surface area (Å²) < 4.78 is 10.4. The van der Waals surface area contributed by atoms with Gasteiger partial charge in [0.1, 0.15) is 19.3 Å². The first kappa shape index (κ1) is 18.4. The number of nitrogens with zero attached hydrogens (tertiary/aromatic N) is 2. The molecular weight excluding hydrogens is 348 g/mol. The zero-order valence-corrected chi connectivity index (χ0v) is 14.9. The quantitative estimate of drug-likeness (QED) is 0.807. The van der Waals surface area contributed by atoms with E-state index in [0.29, 0.717) is 11.4 Å². The van der Waals surface area contributed by atoms with Crippen LogP contribution in [0, 0.1) is 0 Å². The van der Waals surface area contributed by atoms with Gasteiger partial charge in [0, 0.05) is 0 Å². The summed E-state index contributed by atoms with van der Waals surface area (Å²) in [6, 6.07) is 17.5. The van der Waals surface area contributed by atoms with Crippen molar-refractivity contribution in [3.8, 4) is 0 Å². The molecule has 3 rings (SSSR count). The Kier molecular flexibility index (Phi) is 5.71. The van der Waals surface area contributed by atoms with Crippen molar-refractivity contribution in [2.45, 2.75) is 32.6 Å². The van der Waals surface area contributed by atoms with Crippen molar-refractivity contribution in [3.63, 3.8) is 0 Å². The Balaban J connectivity index is 1.61. The van der Waals surface area contributed by atoms with Gasteiger partial charge in [0.05, 0.1) is 0 Å². The van der Waals surface area contributed by atoms with Crippen LogP contribution in [-0.4, -0.2) is 34.2 Å². The molecule has 0 unspecified atom stereocenters. The van der Waals surface area contributed by atoms with E-state index in [1.807, 2.05) is 48.5 Å². The summed E-state index contributed by atoms with van der Waals surface area (Å²) in [5.74, 6) is -0.479. The smallest absolute Gasteiger partial charge is 0.436 e. The van der Waals surface area contributed by atoms with Crippen molar-refractivity contribution < 1.29 is 23.9 Å². The van der Waals surface area contributed by atoms with Crippen molar-refractivity contribution in [1.29, 1.82) is 0 Å². The second kappa shape index (κ2) is 8.35. The number of rotatable bonds is 5. The van der Waals surface area contributed by atoms with E-state index >= 15 is 0 Å². The molecule has 2 aromatic rings. The largest absolute Gasteiger partial charge is 0.443 e. The van der Waals surface area contributed by atoms with Crippen molar-refractivity contribution in [2.75, 3.05) is 0 Å². The maximum Gasteiger partial charge on any atom is 0.436 e. The highest BCUT2D eigenvalue weighted by Gasteiger charge is 2.52. The van der Waals surface area contributed by atoms with Crippen molar-refractivity contribution in [3.05, 3.63) is 71.8 Å². The Labute approximate surface area is 157 Å². The first-order valence-corrected chi connectivity index (χ1v) is 8.66. The average molecular weight is 368 g/mol. The molecule has 27 heavy (non-hydrogen) atoms. The summed E-state index contributed by atoms with van der Waals surface area (Å²) in [6.45, 7) is 1.81. The van der Waals surface area contributed by atoms with E-state index in [1.165, 1.54) is 0 Å². The molecule has 0 radical (unpaired) electrons. The SMILES string of the molecule is CC[C@H]1C(=O)N(C(=O)OCc2ccccc2)N1C(=O)OCc1ccccc1. The molecule has 0 spiro atoms. The average Bonchev–Trinajstić information content (AvgIpc) is 2.70. The molecule has 0 bridgehead atoms. The molecule has 7 nitrogen and oxygen atoms in total. The fraction of sp³-hybridized carbons (Fsp3) is 0.250. The number of carbonyl (C=O) groups is 3. The van der Waals surface area contributed by atoms with Gasteiger partial charge >= 0.3 is 12.2 Å². The molecule has 1 saturated heterocycles. The lowest BCUT2D eigenvalue weighted by Gasteiger charge is -2.45. The van der Waals surface area contributed by atoms with Crippen LogP contribution >= 0.6 is 0 Å². The molecule has 1 aliphatic rings. The van der Waals surface area contributed by atoms with E-state index in [1.54, 1.807) is 19.1 Å². The maximum absolute atomic E-state index is 12.4. The highest BCUT2D eigenvalue weighted by atomic mass is 16.6. The van der Waals surface area contributed by atoms with E-state index in [9.17, 15) is 14.4 Å². The molecule has 3 amide bonds. The Morgan fingerprint density at radius 2 is 1.33 bits per heavy atom. The molecular formula is C20H20N2O5. The van der Waals surface area contributed by atoms with Crippen LogP contribution in [0.15, 0.2) is 60.7 Å². The lowest BCUT2D eigenvalue weighted by atomic mass is 10.1. The van der Waals surface area contributed by atoms with Gasteiger partial charge in [0.15, 0.2) is 0 Å². The minimum absolute atomic E-state index is 0.00709. The van der Waals surface area contributed by atoms with Crippen LogP contribution in [-0.2, 0) is 27.5 Å². The lowest BCUT2D eigenvalue weighted by Crippen LogP contribution is -2.71. The van der Waals surface area contributed by atoms with Gasteiger partial charge < -0.3 is 9.47 Å². The van der Waals surface area contributed by atoms with Gasteiger partial charge in [0.2, 0.25) is 0 Å². The number of carbonyl (C=O) groups excluding carboxylic acids is 3. The normalized spacial score (nSPS) is 15.9. The number of imide groups is 1. The highest BCUT2D eigenvalue weighted by molar-refractivity contribution is 6.03. The second-order valence-electron chi connectivity index (χ2n) is 6.00. The van der Waals surface area contributed by atoms with Crippen LogP contribution in [0.3, 0.4) is 0 Å². The molecule has 1 aliphatic heterocycles. The Morgan fingerprint density at radius 1 is 0.852 bits per heavy atom. The zero-order valence-electron chi connectivity index (χ0n) is 14.9. The van der Waals surface area contributed by atoms with Crippen LogP contribution < -0.4 is 0 Å². The molecule has 0 aromatic heterocycles. The Hall–Kier alpha value is -3.35. The molecule has 140 valence electrons. The third-order valence-corrected chi connectivity index (χ3v) is 4.16. The molecule has 1 atom stereocenters. The maximum atomic E-state index is 12.4. The highest BCUT2D eigenvalue weighted by Crippen LogP contribution is 2.26. The summed E-state index contributed by atoms with van der Waals surface area (Å²) in [5, 5.41) is 1.71. The summed E-state index contributed by atoms with van der Waals surface area (Å²) in [4.78, 5) is 36.9. The number of hydrogen-bond donors (Lipinski definition) is 0. The van der Waals surface area contributed by atoms with E-state index in [4.69, 9.17) is 9.47 Å². The first-order chi connectivity index (χ1) is 13.1. The van der Waals surface area contributed by atoms with E-state index in [0.717, 1.165) is 16.1 Å². The summed E-state index contributed by atoms with van der Waals surface area (Å²) in [6.07, 6.45) is -1.28. The number of hydrogen-bond acceptors (Lipinski definition) is 5. The third-order valence-electron chi connectivity index (χ3n) is 4.16. The molecule has 1 heterocycles. The van der Waals surface area contributed by atoms with Gasteiger partial charge in [-0.05, 0) is 17.5 Å². The van der Waals surface area contributed by atoms with E-state index in [-0.39, 0.29) is 13.2 Å². The predicted molar refractivity (Wildman–Crippen MR) is 96.0 cm³/mol. The fourth-order valence-electron chi connectivity index (χ4n) is 2.74. The first-order valence-electron chi connectivity index (χ1n) is 8.66. The van der Waals surface area contributed by atoms with Crippen molar-refractivity contribution in [2.24, 2.45) is 0 Å². The minimum Gasteiger partial charge on any atom is -0.443 e. The van der Waals surface area contributed by atoms with Crippen LogP contribution in [0.2, 0.25) is 0 Å². The second-order valence-corrected chi connectivity index (χ2v) is 6.00. The Bertz CT molecular complexity index is 810. The minimum atomic E-state index is -0.898. The van der Waals surface area contributed by atoms with E-state index < -0.39 is 24.1 Å². The van der Waals surface area contributed by atoms with Gasteiger partial charge in [-0.25, -0.2) is 9.59 Å². The number of amides is 3. The monoisotopic (exact) mass is 368 g/mol. The van der Waals surface area contributed by atoms with Gasteiger partial charge in [-0.1, -0.05) is 67.6 Å². The standard InChI is InChI=1S/C20H20N2O5/c1-2-17-18(23)22(20(25)27-14-16-11-7-4-8-12-16)21(17)19(24)26-13-15-9-5-3-6-10-15/h3-12,17H,2,13-14H2,1H3/t17-/m0/s1. The fourth-order valence-corrected chi connectivity index (χ4v) is 2.74. The molecule has 0 saturated carbocycles. The van der Waals surface area contributed by atoms with Crippen LogP contribution in [0.1, 0.15) is 24.5 Å². The van der Waals surface area contributed by atoms with Gasteiger partial charge in [-0.3, -0.25) is 4.79 Å². The van der Waals surface area contributed by atoms with Crippen LogP contribution in [0.25, 0.3) is 0 Å². The molecule has 7 heteroatoms. The van der Waals surface area contributed by atoms with Gasteiger partial charge in [-0.15, -0.1) is 5.01 Å².